The number of benzene rings is 1. The second kappa shape index (κ2) is 40.9. The Labute approximate surface area is 669 Å². The molecule has 4 aliphatic carbocycles. The molecule has 628 valence electrons. The second-order valence-corrected chi connectivity index (χ2v) is 33.9. The van der Waals surface area contributed by atoms with Crippen molar-refractivity contribution >= 4 is 94.3 Å². The normalized spacial score (nSPS) is 26.8. The Hall–Kier alpha value is -8.18. The fourth-order valence-electron chi connectivity index (χ4n) is 17.8. The topological polar surface area (TPSA) is 307 Å². The number of likely N-dealkylation sites (N-methyl/N-ethyl adjacent to an activating group) is 7. The van der Waals surface area contributed by atoms with E-state index in [1.165, 1.54) is 87.2 Å². The number of hydrogen-bond acceptors (Lipinski definition) is 14. The van der Waals surface area contributed by atoms with Crippen LogP contribution in [-0.2, 0) is 79.7 Å². The number of aryl methyl sites for hydroxylation is 1. The summed E-state index contributed by atoms with van der Waals surface area (Å²) < 4.78 is 42.3. The maximum Gasteiger partial charge on any atom is 0.417 e. The van der Waals surface area contributed by atoms with Gasteiger partial charge in [-0.05, 0) is 125 Å². The van der Waals surface area contributed by atoms with Gasteiger partial charge in [-0.3, -0.25) is 72.0 Å². The number of piperidine rings is 1. The summed E-state index contributed by atoms with van der Waals surface area (Å²) in [4.78, 5) is 221. The smallest absolute Gasteiger partial charge is 0.343 e. The first-order chi connectivity index (χ1) is 53.5. The molecule has 7 aliphatic rings. The number of nitrogens with one attached hydrogen (secondary N) is 3. The molecule has 1 spiro atoms. The average molecular weight is 1610 g/mol. The summed E-state index contributed by atoms with van der Waals surface area (Å²) in [5.74, 6) is -11.2. The summed E-state index contributed by atoms with van der Waals surface area (Å²) in [6.45, 7) is 4.79. The van der Waals surface area contributed by atoms with Crippen molar-refractivity contribution in [2.75, 3.05) is 102 Å². The number of imide groups is 1. The lowest BCUT2D eigenvalue weighted by molar-refractivity contribution is -0.157. The molecule has 3 aliphatic heterocycles. The van der Waals surface area contributed by atoms with Gasteiger partial charge in [0.15, 0.2) is 0 Å². The van der Waals surface area contributed by atoms with Crippen molar-refractivity contribution in [3.05, 3.63) is 46.5 Å². The lowest BCUT2D eigenvalue weighted by Gasteiger charge is -2.43. The van der Waals surface area contributed by atoms with Crippen LogP contribution in [0.2, 0.25) is 5.02 Å². The largest absolute Gasteiger partial charge is 0.417 e. The van der Waals surface area contributed by atoms with Gasteiger partial charge in [-0.1, -0.05) is 141 Å². The Bertz CT molecular complexity index is 3610. The summed E-state index contributed by atoms with van der Waals surface area (Å²) in [5.41, 5.74) is -2.58. The van der Waals surface area contributed by atoms with E-state index in [2.05, 4.69) is 16.0 Å². The highest BCUT2D eigenvalue weighted by Crippen LogP contribution is 2.40. The van der Waals surface area contributed by atoms with Crippen molar-refractivity contribution in [3.63, 3.8) is 0 Å². The highest BCUT2D eigenvalue weighted by atomic mass is 35.5. The maximum atomic E-state index is 16.0. The van der Waals surface area contributed by atoms with E-state index in [4.69, 9.17) is 11.6 Å². The predicted molar refractivity (Wildman–Crippen MR) is 417 cm³/mol. The molecule has 3 saturated heterocycles. The summed E-state index contributed by atoms with van der Waals surface area (Å²) in [7, 11) is 9.86. The van der Waals surface area contributed by atoms with E-state index in [0.717, 1.165) is 94.4 Å². The van der Waals surface area contributed by atoms with E-state index in [0.29, 0.717) is 83.7 Å². The molecule has 2 unspecified atom stereocenters. The van der Waals surface area contributed by atoms with E-state index in [-0.39, 0.29) is 74.3 Å². The van der Waals surface area contributed by atoms with E-state index in [1.807, 2.05) is 20.8 Å². The van der Waals surface area contributed by atoms with E-state index in [9.17, 15) is 46.7 Å². The molecule has 9 atom stereocenters. The van der Waals surface area contributed by atoms with Gasteiger partial charge in [0, 0.05) is 75.5 Å². The number of rotatable bonds is 15. The number of fused-ring (bicyclic) bond motifs is 1. The van der Waals surface area contributed by atoms with Crippen LogP contribution in [0.1, 0.15) is 206 Å². The summed E-state index contributed by atoms with van der Waals surface area (Å²) in [6.07, 6.45) is 11.1. The van der Waals surface area contributed by atoms with Crippen LogP contribution in [0.15, 0.2) is 30.4 Å². The minimum atomic E-state index is -4.82. The quantitative estimate of drug-likeness (QED) is 0.118. The average Bonchev–Trinajstić information content (AvgIpc) is 1.66. The number of carbonyl (C=O) groups excluding carboxylic acids is 14. The van der Waals surface area contributed by atoms with Crippen LogP contribution in [0.25, 0.3) is 0 Å². The Balaban J connectivity index is 1.21. The van der Waals surface area contributed by atoms with Crippen molar-refractivity contribution in [1.82, 2.24) is 64.9 Å². The molecule has 1 aromatic carbocycles. The van der Waals surface area contributed by atoms with Crippen LogP contribution in [0, 0.1) is 35.5 Å². The van der Waals surface area contributed by atoms with Crippen LogP contribution in [0.4, 0.5) is 13.2 Å². The summed E-state index contributed by atoms with van der Waals surface area (Å²) in [6, 6.07) is -4.88. The highest BCUT2D eigenvalue weighted by Gasteiger charge is 2.51. The minimum absolute atomic E-state index is 0.0291. The Morgan fingerprint density at radius 1 is 0.584 bits per heavy atom. The van der Waals surface area contributed by atoms with Gasteiger partial charge < -0.3 is 60.0 Å². The van der Waals surface area contributed by atoms with Crippen molar-refractivity contribution in [1.29, 1.82) is 0 Å². The third kappa shape index (κ3) is 23.1. The van der Waals surface area contributed by atoms with Gasteiger partial charge in [0.1, 0.15) is 41.8 Å². The van der Waals surface area contributed by atoms with Gasteiger partial charge in [0.2, 0.25) is 82.7 Å². The van der Waals surface area contributed by atoms with Crippen molar-refractivity contribution in [2.45, 2.75) is 249 Å². The number of halogens is 4. The Morgan fingerprint density at radius 2 is 1.15 bits per heavy atom. The molecule has 3 heterocycles. The van der Waals surface area contributed by atoms with E-state index < -0.39 is 192 Å². The lowest BCUT2D eigenvalue weighted by atomic mass is 9.81. The van der Waals surface area contributed by atoms with E-state index in [1.54, 1.807) is 11.8 Å². The van der Waals surface area contributed by atoms with Gasteiger partial charge >= 0.3 is 6.18 Å². The van der Waals surface area contributed by atoms with Gasteiger partial charge in [-0.25, -0.2) is 0 Å². The van der Waals surface area contributed by atoms with Crippen LogP contribution in [-0.4, -0.2) is 275 Å². The van der Waals surface area contributed by atoms with Gasteiger partial charge in [-0.2, -0.15) is 13.2 Å². The molecule has 1 aromatic rings. The summed E-state index contributed by atoms with van der Waals surface area (Å²) in [5, 5.41) is 8.03. The first-order valence-corrected chi connectivity index (χ1v) is 41.5. The molecule has 0 radical (unpaired) electrons. The third-order valence-electron chi connectivity index (χ3n) is 24.9. The maximum absolute atomic E-state index is 16.0. The first-order valence-electron chi connectivity index (χ1n) is 41.1. The molecule has 31 heteroatoms. The Morgan fingerprint density at radius 3 is 1.74 bits per heavy atom. The molecule has 113 heavy (non-hydrogen) atoms. The lowest BCUT2D eigenvalue weighted by Crippen LogP contribution is -2.64. The van der Waals surface area contributed by atoms with Crippen molar-refractivity contribution < 1.29 is 80.3 Å². The number of alkyl halides is 3. The minimum Gasteiger partial charge on any atom is -0.343 e. The zero-order chi connectivity index (χ0) is 82.9. The fraction of sp³-hybridized carbons (Fsp3) is 0.732. The number of nitrogens with zero attached hydrogens (tertiary/aromatic N) is 10. The van der Waals surface area contributed by atoms with Crippen LogP contribution < -0.4 is 16.0 Å². The molecule has 8 rings (SSSR count). The van der Waals surface area contributed by atoms with Crippen molar-refractivity contribution in [2.24, 2.45) is 35.5 Å². The number of carbonyl (C=O) groups is 14. The molecular formula is C82H123ClF3N13O14. The standard InChI is InChI=1S/C82H123ClF3N13O14/c1-12-53(4)70-78(111)92(7)50-68(103)90(5)51-69(104)94(9)63(46-54-28-16-13-17-29-54)76(109)91(6)48-65(100)87-61(37-35-55-34-36-59(60(83)45-55)82(84,85)86)75(108)98(42-26-27-43-99-73(106)57-32-20-21-33-58(57)74(99)107)49-66(101)89-81(38-22-23-39-81)80(113)96(11)71(56-30-18-14-19-31-56)79(112)95(10)64(77(110)97-40-24-15-25-41-97)47-67(102)93(8)62(44-52(2)3)72(105)88-70/h26-27,34,36,45,52-54,56-58,61-64,70-71H,12-25,28-33,35,37-44,46-51H2,1-11H3,(H,87,100)(H,88,105)(H,89,101)/b27-26+/t53-,57?,58?,61-,62-,63-,64-,70-,71-/m0/s1. The zero-order valence-corrected chi connectivity index (χ0v) is 69.0. The monoisotopic (exact) mass is 1610 g/mol. The van der Waals surface area contributed by atoms with E-state index >= 15 is 33.6 Å². The number of likely N-dealkylation sites (tertiary alicyclic amines) is 2. The molecule has 27 nitrogen and oxygen atoms in total. The van der Waals surface area contributed by atoms with Crippen molar-refractivity contribution in [3.8, 4) is 0 Å². The molecule has 7 fully saturated rings. The first kappa shape index (κ1) is 90.4. The molecule has 0 bridgehead atoms. The van der Waals surface area contributed by atoms with Crippen LogP contribution in [0.3, 0.4) is 0 Å². The number of hydrogen-bond donors (Lipinski definition) is 3. The molecule has 3 N–H and O–H groups in total. The molecule has 14 amide bonds. The Kier molecular flexibility index (Phi) is 32.7. The van der Waals surface area contributed by atoms with Gasteiger partial charge in [-0.15, -0.1) is 0 Å². The predicted octanol–water partition coefficient (Wildman–Crippen LogP) is 6.99. The number of amides is 14. The summed E-state index contributed by atoms with van der Waals surface area (Å²) >= 11 is 6.23. The third-order valence-corrected chi connectivity index (χ3v) is 25.2. The molecular weight excluding hydrogens is 1480 g/mol. The SMILES string of the molecule is CC[C@H](C)[C@@H]1NC(=O)[C@H](CC(C)C)N(C)C(=O)C[C@@H](C(=O)N2CCCCC2)N(C)C(=O)[C@H](C2CCCCC2)N(C)C(=O)C2(CCCC2)NC(=O)CN(C/C=C/CN2C(=O)C3CCCCC3C2=O)C(=O)[C@H](CCc2ccc(C(F)(F)F)c(Cl)c2)NC(=O)CN(C)C(=O)[C@H](CC2CCCCC2)N(C)C(=O)CN(C)C(=O)CN(C)C1=O. The van der Waals surface area contributed by atoms with Crippen LogP contribution >= 0.6 is 11.6 Å². The van der Waals surface area contributed by atoms with Gasteiger partial charge in [0.05, 0.1) is 55.0 Å². The zero-order valence-electron chi connectivity index (χ0n) is 68.3. The van der Waals surface area contributed by atoms with Gasteiger partial charge in [0.25, 0.3) is 0 Å². The van der Waals surface area contributed by atoms with Crippen LogP contribution in [0.5, 0.6) is 0 Å². The molecule has 4 saturated carbocycles. The highest BCUT2D eigenvalue weighted by molar-refractivity contribution is 6.31. The molecule has 0 aromatic heterocycles. The fourth-order valence-corrected chi connectivity index (χ4v) is 18.1. The second-order valence-electron chi connectivity index (χ2n) is 33.5.